The molecule has 0 fully saturated rings. The Morgan fingerprint density at radius 1 is 1.26 bits per heavy atom. The van der Waals surface area contributed by atoms with Crippen LogP contribution in [-0.4, -0.2) is 26.7 Å². The number of hydrogen-bond donors (Lipinski definition) is 1. The van der Waals surface area contributed by atoms with Crippen LogP contribution in [-0.2, 0) is 10.2 Å². The van der Waals surface area contributed by atoms with E-state index in [1.807, 2.05) is 51.1 Å². The van der Waals surface area contributed by atoms with Crippen LogP contribution in [0.25, 0.3) is 10.8 Å². The van der Waals surface area contributed by atoms with Crippen LogP contribution in [0.3, 0.4) is 0 Å². The van der Waals surface area contributed by atoms with Crippen LogP contribution in [0.5, 0.6) is 5.75 Å². The summed E-state index contributed by atoms with van der Waals surface area (Å²) in [6.45, 7) is 5.79. The Labute approximate surface area is 137 Å². The van der Waals surface area contributed by atoms with Gasteiger partial charge in [-0.25, -0.2) is 4.79 Å². The molecule has 1 N–H and O–H groups in total. The summed E-state index contributed by atoms with van der Waals surface area (Å²) in [4.78, 5) is 23.3. The van der Waals surface area contributed by atoms with Crippen LogP contribution in [0.2, 0.25) is 0 Å². The molecule has 0 unspecified atom stereocenters. The van der Waals surface area contributed by atoms with Gasteiger partial charge >= 0.3 is 6.09 Å². The smallest absolute Gasteiger partial charge is 0.409 e. The van der Waals surface area contributed by atoms with Crippen molar-refractivity contribution in [2.75, 3.05) is 7.05 Å². The highest BCUT2D eigenvalue weighted by Gasteiger charge is 2.30. The van der Waals surface area contributed by atoms with Gasteiger partial charge < -0.3 is 14.8 Å². The fourth-order valence-electron chi connectivity index (χ4n) is 3.06. The summed E-state index contributed by atoms with van der Waals surface area (Å²) in [6.07, 6.45) is -0.382. The number of carbonyl (C=O) groups is 2. The van der Waals surface area contributed by atoms with Gasteiger partial charge in [-0.2, -0.15) is 0 Å². The van der Waals surface area contributed by atoms with Crippen molar-refractivity contribution in [3.05, 3.63) is 41.5 Å². The maximum atomic E-state index is 11.8. The summed E-state index contributed by atoms with van der Waals surface area (Å²) in [5, 5.41) is 4.27. The predicted molar refractivity (Wildman–Crippen MR) is 92.2 cm³/mol. The van der Waals surface area contributed by atoms with E-state index >= 15 is 0 Å². The molecule has 2 aromatic rings. The standard InChI is InChI=1S/C18H20BNO3/c1-11-9-12-7-5-6-8-13(12)16(23-17(22)20-4)15(11)18(2,3)10-14(19)21/h5-9H,10H2,1-4H3,(H,20,22). The molecule has 0 saturated heterocycles. The van der Waals surface area contributed by atoms with Gasteiger partial charge in [-0.15, -0.1) is 0 Å². The molecule has 0 aromatic heterocycles. The van der Waals surface area contributed by atoms with Crippen LogP contribution < -0.4 is 10.1 Å². The highest BCUT2D eigenvalue weighted by Crippen LogP contribution is 2.41. The van der Waals surface area contributed by atoms with Gasteiger partial charge in [0.15, 0.2) is 7.85 Å². The summed E-state index contributed by atoms with van der Waals surface area (Å²) >= 11 is 0. The van der Waals surface area contributed by atoms with Gasteiger partial charge in [0.1, 0.15) is 5.75 Å². The number of aryl methyl sites for hydroxylation is 1. The van der Waals surface area contributed by atoms with Crippen LogP contribution >= 0.6 is 0 Å². The Morgan fingerprint density at radius 3 is 2.52 bits per heavy atom. The van der Waals surface area contributed by atoms with Crippen molar-refractivity contribution < 1.29 is 14.3 Å². The highest BCUT2D eigenvalue weighted by molar-refractivity contribution is 6.57. The van der Waals surface area contributed by atoms with E-state index < -0.39 is 17.2 Å². The van der Waals surface area contributed by atoms with E-state index in [1.165, 1.54) is 7.05 Å². The molecule has 0 heterocycles. The topological polar surface area (TPSA) is 55.4 Å². The van der Waals surface area contributed by atoms with E-state index in [-0.39, 0.29) is 6.42 Å². The molecule has 0 spiro atoms. The molecule has 0 atom stereocenters. The SMILES string of the molecule is [B]C(=O)CC(C)(C)c1c(C)cc2ccccc2c1OC(=O)NC. The zero-order valence-electron chi connectivity index (χ0n) is 13.9. The number of fused-ring (bicyclic) bond motifs is 1. The first-order chi connectivity index (χ1) is 10.8. The minimum absolute atomic E-state index is 0.163. The van der Waals surface area contributed by atoms with Gasteiger partial charge in [0, 0.05) is 24.4 Å². The van der Waals surface area contributed by atoms with Gasteiger partial charge in [-0.3, -0.25) is 0 Å². The molecular formula is C18H20BNO3. The monoisotopic (exact) mass is 309 g/mol. The molecule has 0 saturated carbocycles. The maximum absolute atomic E-state index is 11.8. The molecule has 0 aliphatic heterocycles. The van der Waals surface area contributed by atoms with E-state index in [9.17, 15) is 9.59 Å². The Morgan fingerprint density at radius 2 is 1.91 bits per heavy atom. The summed E-state index contributed by atoms with van der Waals surface area (Å²) in [7, 11) is 6.91. The van der Waals surface area contributed by atoms with Crippen molar-refractivity contribution in [3.63, 3.8) is 0 Å². The zero-order chi connectivity index (χ0) is 17.2. The average molecular weight is 309 g/mol. The molecule has 1 amide bonds. The fraction of sp³-hybridized carbons (Fsp3) is 0.333. The van der Waals surface area contributed by atoms with Crippen LogP contribution in [0.15, 0.2) is 30.3 Å². The minimum atomic E-state index is -0.552. The molecule has 2 radical (unpaired) electrons. The number of amides is 1. The largest absolute Gasteiger partial charge is 0.412 e. The number of ether oxygens (including phenoxy) is 1. The molecule has 118 valence electrons. The minimum Gasteiger partial charge on any atom is -0.409 e. The third-order valence-electron chi connectivity index (χ3n) is 3.89. The quantitative estimate of drug-likeness (QED) is 0.882. The highest BCUT2D eigenvalue weighted by atomic mass is 16.6. The van der Waals surface area contributed by atoms with Crippen LogP contribution in [0, 0.1) is 6.92 Å². The van der Waals surface area contributed by atoms with E-state index in [2.05, 4.69) is 5.32 Å². The normalized spacial score (nSPS) is 11.3. The second kappa shape index (κ2) is 6.45. The molecule has 2 aromatic carbocycles. The van der Waals surface area contributed by atoms with Gasteiger partial charge in [-0.1, -0.05) is 44.2 Å². The second-order valence-electron chi connectivity index (χ2n) is 6.29. The van der Waals surface area contributed by atoms with Crippen molar-refractivity contribution in [1.82, 2.24) is 5.32 Å². The third kappa shape index (κ3) is 3.55. The molecule has 2 rings (SSSR count). The lowest BCUT2D eigenvalue weighted by Gasteiger charge is -2.29. The van der Waals surface area contributed by atoms with Gasteiger partial charge in [0.05, 0.1) is 5.68 Å². The lowest BCUT2D eigenvalue weighted by Crippen LogP contribution is -2.27. The molecule has 0 aliphatic carbocycles. The number of hydrogen-bond acceptors (Lipinski definition) is 3. The molecule has 0 bridgehead atoms. The van der Waals surface area contributed by atoms with E-state index in [0.29, 0.717) is 5.75 Å². The summed E-state index contributed by atoms with van der Waals surface area (Å²) < 4.78 is 5.55. The maximum Gasteiger partial charge on any atom is 0.412 e. The Balaban J connectivity index is 2.75. The second-order valence-corrected chi connectivity index (χ2v) is 6.29. The molecule has 0 aliphatic rings. The Kier molecular flexibility index (Phi) is 4.78. The summed E-state index contributed by atoms with van der Waals surface area (Å²) in [5.74, 6) is 0.478. The van der Waals surface area contributed by atoms with E-state index in [0.717, 1.165) is 21.9 Å². The number of nitrogens with one attached hydrogen (secondary N) is 1. The number of carbonyl (C=O) groups excluding carboxylic acids is 2. The average Bonchev–Trinajstić information content (AvgIpc) is 2.45. The fourth-order valence-corrected chi connectivity index (χ4v) is 3.06. The van der Waals surface area contributed by atoms with E-state index in [1.54, 1.807) is 0 Å². The molecule has 23 heavy (non-hydrogen) atoms. The van der Waals surface area contributed by atoms with Crippen molar-refractivity contribution in [3.8, 4) is 5.75 Å². The Hall–Kier alpha value is -2.30. The first kappa shape index (κ1) is 17.1. The molecular weight excluding hydrogens is 289 g/mol. The van der Waals surface area contributed by atoms with Gasteiger partial charge in [0.2, 0.25) is 0 Å². The van der Waals surface area contributed by atoms with Crippen molar-refractivity contribution in [1.29, 1.82) is 0 Å². The van der Waals surface area contributed by atoms with Crippen LogP contribution in [0.1, 0.15) is 31.4 Å². The van der Waals surface area contributed by atoms with Gasteiger partial charge in [-0.05, 0) is 23.3 Å². The van der Waals surface area contributed by atoms with Crippen molar-refractivity contribution in [2.24, 2.45) is 0 Å². The third-order valence-corrected chi connectivity index (χ3v) is 3.89. The molecule has 5 heteroatoms. The number of rotatable bonds is 4. The summed E-state index contributed by atoms with van der Waals surface area (Å²) in [5.41, 5.74) is 0.824. The lowest BCUT2D eigenvalue weighted by atomic mass is 9.74. The first-order valence-corrected chi connectivity index (χ1v) is 7.47. The number of benzene rings is 2. The van der Waals surface area contributed by atoms with Crippen molar-refractivity contribution in [2.45, 2.75) is 32.6 Å². The zero-order valence-corrected chi connectivity index (χ0v) is 13.9. The van der Waals surface area contributed by atoms with Crippen LogP contribution in [0.4, 0.5) is 4.79 Å². The Bertz CT molecular complexity index is 768. The summed E-state index contributed by atoms with van der Waals surface area (Å²) in [6, 6.07) is 9.71. The van der Waals surface area contributed by atoms with Crippen molar-refractivity contribution >= 4 is 30.4 Å². The first-order valence-electron chi connectivity index (χ1n) is 7.47. The molecule has 4 nitrogen and oxygen atoms in total. The lowest BCUT2D eigenvalue weighted by molar-refractivity contribution is -0.112. The van der Waals surface area contributed by atoms with E-state index in [4.69, 9.17) is 12.6 Å². The predicted octanol–water partition coefficient (Wildman–Crippen LogP) is 3.23. The van der Waals surface area contributed by atoms with Gasteiger partial charge in [0.25, 0.3) is 0 Å².